The molecular formula is C24H30N4O2S. The van der Waals surface area contributed by atoms with Gasteiger partial charge in [0.25, 0.3) is 5.56 Å². The quantitative estimate of drug-likeness (QED) is 0.551. The van der Waals surface area contributed by atoms with Crippen LogP contribution in [0, 0.1) is 23.2 Å². The summed E-state index contributed by atoms with van der Waals surface area (Å²) >= 11 is 1.30. The molecule has 0 saturated heterocycles. The molecule has 7 heteroatoms. The van der Waals surface area contributed by atoms with Crippen molar-refractivity contribution in [1.29, 1.82) is 5.26 Å². The molecule has 1 N–H and O–H groups in total. The fourth-order valence-electron chi connectivity index (χ4n) is 5.11. The van der Waals surface area contributed by atoms with Gasteiger partial charge in [-0.3, -0.25) is 14.2 Å². The molecule has 0 spiro atoms. The van der Waals surface area contributed by atoms with Crippen LogP contribution in [0.25, 0.3) is 10.9 Å². The summed E-state index contributed by atoms with van der Waals surface area (Å²) < 4.78 is 1.84. The lowest BCUT2D eigenvalue weighted by atomic mass is 9.78. The number of carbonyl (C=O) groups excluding carboxylic acids is 1. The van der Waals surface area contributed by atoms with Crippen molar-refractivity contribution in [2.75, 3.05) is 5.75 Å². The SMILES string of the molecule is CC1CCCC(n2c(SCC(=O)NC3(C#N)CCCC3)nc3ccccc3c2=O)C1C. The molecule has 0 bridgehead atoms. The Morgan fingerprint density at radius 2 is 2.00 bits per heavy atom. The van der Waals surface area contributed by atoms with Gasteiger partial charge in [0.2, 0.25) is 5.91 Å². The number of carbonyl (C=O) groups is 1. The van der Waals surface area contributed by atoms with Crippen LogP contribution < -0.4 is 10.9 Å². The van der Waals surface area contributed by atoms with Gasteiger partial charge in [0.1, 0.15) is 5.54 Å². The van der Waals surface area contributed by atoms with Crippen LogP contribution in [-0.2, 0) is 4.79 Å². The highest BCUT2D eigenvalue weighted by molar-refractivity contribution is 7.99. The molecule has 1 amide bonds. The van der Waals surface area contributed by atoms with Crippen LogP contribution in [0.4, 0.5) is 0 Å². The maximum Gasteiger partial charge on any atom is 0.262 e. The van der Waals surface area contributed by atoms with Crippen molar-refractivity contribution >= 4 is 28.6 Å². The first-order valence-electron chi connectivity index (χ1n) is 11.3. The molecule has 31 heavy (non-hydrogen) atoms. The first-order chi connectivity index (χ1) is 14.9. The molecule has 6 nitrogen and oxygen atoms in total. The van der Waals surface area contributed by atoms with E-state index in [1.165, 1.54) is 18.2 Å². The third kappa shape index (κ3) is 4.36. The number of aromatic nitrogens is 2. The molecule has 0 radical (unpaired) electrons. The molecular weight excluding hydrogens is 408 g/mol. The van der Waals surface area contributed by atoms with Gasteiger partial charge in [-0.15, -0.1) is 0 Å². The molecule has 3 atom stereocenters. The van der Waals surface area contributed by atoms with Crippen LogP contribution >= 0.6 is 11.8 Å². The number of benzene rings is 1. The highest BCUT2D eigenvalue weighted by atomic mass is 32.2. The first-order valence-corrected chi connectivity index (χ1v) is 12.3. The predicted octanol–water partition coefficient (Wildman–Crippen LogP) is 4.44. The number of para-hydroxylation sites is 1. The zero-order valence-corrected chi connectivity index (χ0v) is 19.1. The fourth-order valence-corrected chi connectivity index (χ4v) is 5.97. The van der Waals surface area contributed by atoms with E-state index in [2.05, 4.69) is 25.2 Å². The second-order valence-corrected chi connectivity index (χ2v) is 10.1. The van der Waals surface area contributed by atoms with Crippen molar-refractivity contribution in [3.05, 3.63) is 34.6 Å². The zero-order valence-electron chi connectivity index (χ0n) is 18.3. The van der Waals surface area contributed by atoms with Gasteiger partial charge in [-0.05, 0) is 56.1 Å². The summed E-state index contributed by atoms with van der Waals surface area (Å²) in [4.78, 5) is 31.0. The predicted molar refractivity (Wildman–Crippen MR) is 123 cm³/mol. The minimum absolute atomic E-state index is 0.0243. The average Bonchev–Trinajstić information content (AvgIpc) is 3.24. The Kier molecular flexibility index (Phi) is 6.38. The molecule has 3 unspecified atom stereocenters. The second-order valence-electron chi connectivity index (χ2n) is 9.16. The summed E-state index contributed by atoms with van der Waals surface area (Å²) in [5.41, 5.74) is -0.0993. The van der Waals surface area contributed by atoms with Gasteiger partial charge in [-0.1, -0.05) is 50.6 Å². The Hall–Kier alpha value is -2.33. The number of hydrogen-bond acceptors (Lipinski definition) is 5. The average molecular weight is 439 g/mol. The van der Waals surface area contributed by atoms with E-state index in [4.69, 9.17) is 4.98 Å². The minimum Gasteiger partial charge on any atom is -0.337 e. The van der Waals surface area contributed by atoms with Crippen molar-refractivity contribution < 1.29 is 4.79 Å². The van der Waals surface area contributed by atoms with E-state index >= 15 is 0 Å². The number of fused-ring (bicyclic) bond motifs is 1. The van der Waals surface area contributed by atoms with Crippen LogP contribution in [0.15, 0.2) is 34.2 Å². The molecule has 0 aliphatic heterocycles. The lowest BCUT2D eigenvalue weighted by molar-refractivity contribution is -0.119. The largest absolute Gasteiger partial charge is 0.337 e. The molecule has 1 aromatic carbocycles. The number of thioether (sulfide) groups is 1. The maximum absolute atomic E-state index is 13.5. The lowest BCUT2D eigenvalue weighted by Gasteiger charge is -2.36. The third-order valence-electron chi connectivity index (χ3n) is 7.15. The van der Waals surface area contributed by atoms with E-state index in [1.54, 1.807) is 0 Å². The topological polar surface area (TPSA) is 87.8 Å². The molecule has 2 fully saturated rings. The smallest absolute Gasteiger partial charge is 0.262 e. The third-order valence-corrected chi connectivity index (χ3v) is 8.11. The summed E-state index contributed by atoms with van der Waals surface area (Å²) in [7, 11) is 0. The normalized spacial score (nSPS) is 25.3. The van der Waals surface area contributed by atoms with Gasteiger partial charge >= 0.3 is 0 Å². The molecule has 2 saturated carbocycles. The fraction of sp³-hybridized carbons (Fsp3) is 0.583. The van der Waals surface area contributed by atoms with Gasteiger partial charge in [-0.2, -0.15) is 5.26 Å². The summed E-state index contributed by atoms with van der Waals surface area (Å²) in [5, 5.41) is 13.7. The van der Waals surface area contributed by atoms with Gasteiger partial charge in [0.15, 0.2) is 5.16 Å². The zero-order chi connectivity index (χ0) is 22.0. The number of rotatable bonds is 5. The first kappa shape index (κ1) is 21.9. The van der Waals surface area contributed by atoms with Crippen molar-refractivity contribution in [1.82, 2.24) is 14.9 Å². The second kappa shape index (κ2) is 9.04. The molecule has 2 aliphatic carbocycles. The Bertz CT molecular complexity index is 1070. The van der Waals surface area contributed by atoms with Crippen LogP contribution in [-0.4, -0.2) is 26.8 Å². The van der Waals surface area contributed by atoms with Crippen molar-refractivity contribution in [2.24, 2.45) is 11.8 Å². The van der Waals surface area contributed by atoms with E-state index in [0.717, 1.165) is 25.7 Å². The van der Waals surface area contributed by atoms with Gasteiger partial charge in [0, 0.05) is 6.04 Å². The number of nitriles is 1. The Labute approximate surface area is 187 Å². The lowest BCUT2D eigenvalue weighted by Crippen LogP contribution is -2.46. The van der Waals surface area contributed by atoms with Crippen LogP contribution in [0.1, 0.15) is 64.8 Å². The standard InChI is InChI=1S/C24H30N4O2S/c1-16-8-7-11-20(17(16)2)28-22(30)18-9-3-4-10-19(18)26-23(28)31-14-21(29)27-24(15-25)12-5-6-13-24/h3-4,9-10,16-17,20H,5-8,11-14H2,1-2H3,(H,27,29). The Morgan fingerprint density at radius 1 is 1.26 bits per heavy atom. The van der Waals surface area contributed by atoms with Crippen molar-refractivity contribution in [3.63, 3.8) is 0 Å². The molecule has 4 rings (SSSR count). The monoisotopic (exact) mass is 438 g/mol. The van der Waals surface area contributed by atoms with Crippen molar-refractivity contribution in [3.8, 4) is 6.07 Å². The number of nitrogens with one attached hydrogen (secondary N) is 1. The molecule has 1 heterocycles. The van der Waals surface area contributed by atoms with Crippen LogP contribution in [0.5, 0.6) is 0 Å². The Morgan fingerprint density at radius 3 is 2.74 bits per heavy atom. The van der Waals surface area contributed by atoms with Gasteiger partial charge in [-0.25, -0.2) is 4.98 Å². The van der Waals surface area contributed by atoms with Gasteiger partial charge < -0.3 is 5.32 Å². The Balaban J connectivity index is 1.64. The van der Waals surface area contributed by atoms with Gasteiger partial charge in [0.05, 0.1) is 22.7 Å². The molecule has 1 aromatic heterocycles. The van der Waals surface area contributed by atoms with Crippen LogP contribution in [0.2, 0.25) is 0 Å². The molecule has 2 aromatic rings. The number of amides is 1. The van der Waals surface area contributed by atoms with Crippen molar-refractivity contribution in [2.45, 2.75) is 75.5 Å². The van der Waals surface area contributed by atoms with E-state index in [1.807, 2.05) is 28.8 Å². The molecule has 2 aliphatic rings. The highest BCUT2D eigenvalue weighted by Gasteiger charge is 2.36. The van der Waals surface area contributed by atoms with E-state index in [-0.39, 0.29) is 23.3 Å². The summed E-state index contributed by atoms with van der Waals surface area (Å²) in [6, 6.07) is 9.81. The highest BCUT2D eigenvalue weighted by Crippen LogP contribution is 2.39. The summed E-state index contributed by atoms with van der Waals surface area (Å²) in [5.74, 6) is 0.872. The summed E-state index contributed by atoms with van der Waals surface area (Å²) in [6.07, 6.45) is 6.55. The van der Waals surface area contributed by atoms with E-state index < -0.39 is 5.54 Å². The molecule has 164 valence electrons. The van der Waals surface area contributed by atoms with E-state index in [9.17, 15) is 14.9 Å². The minimum atomic E-state index is -0.735. The number of nitrogens with zero attached hydrogens (tertiary/aromatic N) is 3. The van der Waals surface area contributed by atoms with Crippen LogP contribution in [0.3, 0.4) is 0 Å². The maximum atomic E-state index is 13.5. The number of hydrogen-bond donors (Lipinski definition) is 1. The van der Waals surface area contributed by atoms with E-state index in [0.29, 0.717) is 40.7 Å². The summed E-state index contributed by atoms with van der Waals surface area (Å²) in [6.45, 7) is 4.47.